The van der Waals surface area contributed by atoms with Crippen molar-refractivity contribution in [2.45, 2.75) is 37.8 Å². The molecule has 27 heavy (non-hydrogen) atoms. The van der Waals surface area contributed by atoms with Crippen LogP contribution in [0, 0.1) is 0 Å². The minimum atomic E-state index is 0.0645. The topological polar surface area (TPSA) is 62.2 Å². The number of hydrogen-bond donors (Lipinski definition) is 0. The zero-order valence-corrected chi connectivity index (χ0v) is 15.8. The molecule has 2 aromatic heterocycles. The molecule has 0 spiro atoms. The highest BCUT2D eigenvalue weighted by atomic mass is 32.1. The maximum atomic E-state index is 12.9. The largest absolute Gasteiger partial charge is 0.350 e. The van der Waals surface area contributed by atoms with Crippen LogP contribution in [0.2, 0.25) is 0 Å². The lowest BCUT2D eigenvalue weighted by molar-refractivity contribution is 0.0711. The van der Waals surface area contributed by atoms with Crippen LogP contribution in [0.5, 0.6) is 0 Å². The molecule has 1 aromatic carbocycles. The number of aromatic nitrogens is 3. The minimum absolute atomic E-state index is 0.0645. The van der Waals surface area contributed by atoms with Gasteiger partial charge in [0.25, 0.3) is 5.91 Å². The molecule has 0 bridgehead atoms. The molecule has 0 atom stereocenters. The van der Waals surface area contributed by atoms with E-state index in [0.717, 1.165) is 42.0 Å². The van der Waals surface area contributed by atoms with Crippen molar-refractivity contribution in [1.82, 2.24) is 19.9 Å². The molecule has 138 valence electrons. The summed E-state index contributed by atoms with van der Waals surface area (Å²) < 4.78 is 1.07. The molecular weight excluding hydrogens is 358 g/mol. The Morgan fingerprint density at radius 3 is 2.56 bits per heavy atom. The molecule has 1 amide bonds. The van der Waals surface area contributed by atoms with Gasteiger partial charge in [-0.25, -0.2) is 15.0 Å². The first kappa shape index (κ1) is 16.6. The molecule has 3 heterocycles. The number of nitrogens with zero attached hydrogens (tertiary/aromatic N) is 5. The highest BCUT2D eigenvalue weighted by molar-refractivity contribution is 7.20. The van der Waals surface area contributed by atoms with E-state index in [1.807, 2.05) is 41.4 Å². The van der Waals surface area contributed by atoms with Crippen molar-refractivity contribution in [3.05, 3.63) is 47.9 Å². The van der Waals surface area contributed by atoms with Crippen LogP contribution in [-0.2, 0) is 0 Å². The number of carbonyl (C=O) groups is 1. The SMILES string of the molecule is O=C(c1nc2ccccc2s1)N1CCC(N(c2ccncn2)C2CC2)CC1. The third kappa shape index (κ3) is 3.27. The summed E-state index contributed by atoms with van der Waals surface area (Å²) in [6, 6.07) is 11.0. The molecular formula is C20H21N5OS. The van der Waals surface area contributed by atoms with E-state index in [1.54, 1.807) is 6.33 Å². The van der Waals surface area contributed by atoms with Crippen LogP contribution >= 0.6 is 11.3 Å². The predicted molar refractivity (Wildman–Crippen MR) is 106 cm³/mol. The number of benzene rings is 1. The predicted octanol–water partition coefficient (Wildman–Crippen LogP) is 3.36. The van der Waals surface area contributed by atoms with Gasteiger partial charge in [-0.3, -0.25) is 4.79 Å². The fourth-order valence-electron chi connectivity index (χ4n) is 3.91. The molecule has 0 radical (unpaired) electrons. The van der Waals surface area contributed by atoms with Crippen molar-refractivity contribution in [2.75, 3.05) is 18.0 Å². The first-order valence-corrected chi connectivity index (χ1v) is 10.3. The number of anilines is 1. The third-order valence-corrected chi connectivity index (χ3v) is 6.42. The number of carbonyl (C=O) groups excluding carboxylic acids is 1. The van der Waals surface area contributed by atoms with Gasteiger partial charge in [-0.2, -0.15) is 0 Å². The summed E-state index contributed by atoms with van der Waals surface area (Å²) in [4.78, 5) is 30.4. The normalized spacial score (nSPS) is 18.0. The lowest BCUT2D eigenvalue weighted by Crippen LogP contribution is -2.48. The first-order valence-electron chi connectivity index (χ1n) is 9.49. The van der Waals surface area contributed by atoms with E-state index in [0.29, 0.717) is 17.1 Å². The number of rotatable bonds is 4. The van der Waals surface area contributed by atoms with Crippen molar-refractivity contribution >= 4 is 33.3 Å². The summed E-state index contributed by atoms with van der Waals surface area (Å²) in [5.41, 5.74) is 0.907. The van der Waals surface area contributed by atoms with Crippen molar-refractivity contribution in [3.63, 3.8) is 0 Å². The number of amides is 1. The van der Waals surface area contributed by atoms with Gasteiger partial charge in [0.2, 0.25) is 0 Å². The first-order chi connectivity index (χ1) is 13.3. The summed E-state index contributed by atoms with van der Waals surface area (Å²) in [7, 11) is 0. The second-order valence-corrected chi connectivity index (χ2v) is 8.25. The van der Waals surface area contributed by atoms with E-state index in [2.05, 4.69) is 19.9 Å². The van der Waals surface area contributed by atoms with Crippen LogP contribution in [-0.4, -0.2) is 50.9 Å². The number of likely N-dealkylation sites (tertiary alicyclic amines) is 1. The molecule has 6 nitrogen and oxygen atoms in total. The molecule has 1 saturated heterocycles. The molecule has 5 rings (SSSR count). The van der Waals surface area contributed by atoms with E-state index >= 15 is 0 Å². The lowest BCUT2D eigenvalue weighted by atomic mass is 10.0. The summed E-state index contributed by atoms with van der Waals surface area (Å²) >= 11 is 1.49. The van der Waals surface area contributed by atoms with Crippen LogP contribution in [0.4, 0.5) is 5.82 Å². The van der Waals surface area contributed by atoms with Crippen molar-refractivity contribution in [1.29, 1.82) is 0 Å². The maximum Gasteiger partial charge on any atom is 0.282 e. The second-order valence-electron chi connectivity index (χ2n) is 7.22. The van der Waals surface area contributed by atoms with Gasteiger partial charge >= 0.3 is 0 Å². The maximum absolute atomic E-state index is 12.9. The molecule has 0 N–H and O–H groups in total. The lowest BCUT2D eigenvalue weighted by Gasteiger charge is -2.39. The van der Waals surface area contributed by atoms with Gasteiger partial charge in [0.15, 0.2) is 5.01 Å². The fraction of sp³-hybridized carbons (Fsp3) is 0.400. The Bertz CT molecular complexity index is 914. The van der Waals surface area contributed by atoms with Crippen molar-refractivity contribution in [2.24, 2.45) is 0 Å². The smallest absolute Gasteiger partial charge is 0.282 e. The Morgan fingerprint density at radius 2 is 1.85 bits per heavy atom. The highest BCUT2D eigenvalue weighted by Crippen LogP contribution is 2.35. The molecule has 3 aromatic rings. The summed E-state index contributed by atoms with van der Waals surface area (Å²) in [5, 5.41) is 0.601. The monoisotopic (exact) mass is 379 g/mol. The van der Waals surface area contributed by atoms with Crippen LogP contribution in [0.1, 0.15) is 35.5 Å². The molecule has 7 heteroatoms. The van der Waals surface area contributed by atoms with E-state index in [4.69, 9.17) is 0 Å². The molecule has 1 aliphatic carbocycles. The fourth-order valence-corrected chi connectivity index (χ4v) is 4.84. The van der Waals surface area contributed by atoms with Crippen LogP contribution < -0.4 is 4.90 Å². The van der Waals surface area contributed by atoms with Gasteiger partial charge in [0.1, 0.15) is 12.1 Å². The molecule has 1 saturated carbocycles. The number of fused-ring (bicyclic) bond motifs is 1. The van der Waals surface area contributed by atoms with Crippen molar-refractivity contribution in [3.8, 4) is 0 Å². The van der Waals surface area contributed by atoms with Crippen LogP contribution in [0.15, 0.2) is 42.9 Å². The zero-order chi connectivity index (χ0) is 18.2. The van der Waals surface area contributed by atoms with Gasteiger partial charge in [-0.1, -0.05) is 12.1 Å². The quantitative estimate of drug-likeness (QED) is 0.696. The van der Waals surface area contributed by atoms with Gasteiger partial charge in [-0.05, 0) is 43.9 Å². The van der Waals surface area contributed by atoms with E-state index in [-0.39, 0.29) is 5.91 Å². The molecule has 2 fully saturated rings. The summed E-state index contributed by atoms with van der Waals surface area (Å²) in [6.45, 7) is 1.54. The Labute approximate surface area is 161 Å². The number of piperidine rings is 1. The average molecular weight is 379 g/mol. The van der Waals surface area contributed by atoms with Gasteiger partial charge in [0.05, 0.1) is 10.2 Å². The van der Waals surface area contributed by atoms with E-state index < -0.39 is 0 Å². The average Bonchev–Trinajstić information content (AvgIpc) is 3.45. The van der Waals surface area contributed by atoms with Gasteiger partial charge < -0.3 is 9.80 Å². The molecule has 0 unspecified atom stereocenters. The van der Waals surface area contributed by atoms with Crippen molar-refractivity contribution < 1.29 is 4.79 Å². The Kier molecular flexibility index (Phi) is 4.24. The Hall–Kier alpha value is -2.54. The summed E-state index contributed by atoms with van der Waals surface area (Å²) in [6.07, 6.45) is 7.83. The number of hydrogen-bond acceptors (Lipinski definition) is 6. The van der Waals surface area contributed by atoms with E-state index in [9.17, 15) is 4.79 Å². The Balaban J connectivity index is 1.28. The number of para-hydroxylation sites is 1. The van der Waals surface area contributed by atoms with E-state index in [1.165, 1.54) is 24.2 Å². The van der Waals surface area contributed by atoms with Gasteiger partial charge in [0, 0.05) is 31.4 Å². The summed E-state index contributed by atoms with van der Waals surface area (Å²) in [5.74, 6) is 1.08. The second kappa shape index (κ2) is 6.88. The number of thiazole rings is 1. The third-order valence-electron chi connectivity index (χ3n) is 5.39. The van der Waals surface area contributed by atoms with Crippen LogP contribution in [0.25, 0.3) is 10.2 Å². The van der Waals surface area contributed by atoms with Gasteiger partial charge in [-0.15, -0.1) is 11.3 Å². The standard InChI is InChI=1S/C20H21N5OS/c26-20(19-23-16-3-1-2-4-17(16)27-19)24-11-8-15(9-12-24)25(14-5-6-14)18-7-10-21-13-22-18/h1-4,7,10,13-15H,5-6,8-9,11-12H2. The zero-order valence-electron chi connectivity index (χ0n) is 15.0. The molecule has 1 aliphatic heterocycles. The molecule has 2 aliphatic rings. The van der Waals surface area contributed by atoms with Crippen LogP contribution in [0.3, 0.4) is 0 Å². The highest BCUT2D eigenvalue weighted by Gasteiger charge is 2.37. The Morgan fingerprint density at radius 1 is 1.07 bits per heavy atom. The minimum Gasteiger partial charge on any atom is -0.350 e.